The standard InChI is InChI=1S/C24H21ClFN3O5S/c1-28-22-11-9-17(13-18(22)23(30)29(2)24(28)31)35(32,33)27-21(14-34-16-6-4-3-5-7-16)15-8-10-19(25)20(26)12-15/h3-13,21,27H,14H2,1-2H3. The summed E-state index contributed by atoms with van der Waals surface area (Å²) in [4.78, 5) is 24.6. The van der Waals surface area contributed by atoms with E-state index >= 15 is 0 Å². The fraction of sp³-hybridized carbons (Fsp3) is 0.167. The number of sulfonamides is 1. The highest BCUT2D eigenvalue weighted by Gasteiger charge is 2.24. The Labute approximate surface area is 205 Å². The summed E-state index contributed by atoms with van der Waals surface area (Å²) >= 11 is 5.79. The van der Waals surface area contributed by atoms with Crippen molar-refractivity contribution < 1.29 is 17.5 Å². The van der Waals surface area contributed by atoms with Crippen LogP contribution in [0, 0.1) is 5.82 Å². The van der Waals surface area contributed by atoms with E-state index in [9.17, 15) is 22.4 Å². The lowest BCUT2D eigenvalue weighted by Crippen LogP contribution is -2.37. The van der Waals surface area contributed by atoms with Crippen molar-refractivity contribution in [2.45, 2.75) is 10.9 Å². The highest BCUT2D eigenvalue weighted by molar-refractivity contribution is 7.89. The fourth-order valence-corrected chi connectivity index (χ4v) is 4.97. The van der Waals surface area contributed by atoms with E-state index in [0.717, 1.165) is 10.6 Å². The molecular weight excluding hydrogens is 497 g/mol. The lowest BCUT2D eigenvalue weighted by molar-refractivity contribution is 0.281. The molecule has 0 bridgehead atoms. The number of halogens is 2. The number of rotatable bonds is 7. The average molecular weight is 518 g/mol. The van der Waals surface area contributed by atoms with Crippen LogP contribution in [0.5, 0.6) is 5.75 Å². The van der Waals surface area contributed by atoms with Crippen LogP contribution in [0.4, 0.5) is 4.39 Å². The Kier molecular flexibility index (Phi) is 6.79. The third-order valence-corrected chi connectivity index (χ3v) is 7.33. The molecule has 1 heterocycles. The van der Waals surface area contributed by atoms with Crippen LogP contribution >= 0.6 is 11.6 Å². The number of hydrogen-bond donors (Lipinski definition) is 1. The first kappa shape index (κ1) is 24.6. The molecule has 1 unspecified atom stereocenters. The van der Waals surface area contributed by atoms with E-state index in [2.05, 4.69) is 4.72 Å². The van der Waals surface area contributed by atoms with Gasteiger partial charge in [-0.1, -0.05) is 35.9 Å². The molecule has 0 aliphatic carbocycles. The van der Waals surface area contributed by atoms with Crippen molar-refractivity contribution in [3.8, 4) is 5.75 Å². The Balaban J connectivity index is 1.73. The van der Waals surface area contributed by atoms with Gasteiger partial charge in [0.15, 0.2) is 0 Å². The monoisotopic (exact) mass is 517 g/mol. The molecule has 3 aromatic carbocycles. The molecule has 0 saturated carbocycles. The average Bonchev–Trinajstić information content (AvgIpc) is 2.86. The number of aryl methyl sites for hydroxylation is 1. The number of ether oxygens (including phenoxy) is 1. The van der Waals surface area contributed by atoms with Gasteiger partial charge in [-0.3, -0.25) is 13.9 Å². The molecule has 0 aliphatic heterocycles. The molecule has 8 nitrogen and oxygen atoms in total. The van der Waals surface area contributed by atoms with Crippen LogP contribution < -0.4 is 20.7 Å². The largest absolute Gasteiger partial charge is 0.492 e. The molecule has 1 aromatic heterocycles. The predicted molar refractivity (Wildman–Crippen MR) is 131 cm³/mol. The van der Waals surface area contributed by atoms with Crippen molar-refractivity contribution in [1.29, 1.82) is 0 Å². The Morgan fingerprint density at radius 3 is 2.40 bits per heavy atom. The Hall–Kier alpha value is -3.47. The van der Waals surface area contributed by atoms with Crippen molar-refractivity contribution in [3.05, 3.63) is 104 Å². The van der Waals surface area contributed by atoms with Gasteiger partial charge in [-0.25, -0.2) is 22.3 Å². The fourth-order valence-electron chi connectivity index (χ4n) is 3.62. The highest BCUT2D eigenvalue weighted by Crippen LogP contribution is 2.24. The van der Waals surface area contributed by atoms with Gasteiger partial charge in [0.25, 0.3) is 5.56 Å². The first-order valence-corrected chi connectivity index (χ1v) is 12.3. The highest BCUT2D eigenvalue weighted by atomic mass is 35.5. The van der Waals surface area contributed by atoms with E-state index in [0.29, 0.717) is 16.8 Å². The second-order valence-electron chi connectivity index (χ2n) is 7.86. The predicted octanol–water partition coefficient (Wildman–Crippen LogP) is 3.13. The minimum atomic E-state index is -4.20. The number of para-hydroxylation sites is 1. The molecule has 0 aliphatic rings. The SMILES string of the molecule is Cn1c(=O)c2cc(S(=O)(=O)NC(COc3ccccc3)c3ccc(Cl)c(F)c3)ccc2n(C)c1=O. The van der Waals surface area contributed by atoms with Gasteiger partial charge in [-0.2, -0.15) is 0 Å². The van der Waals surface area contributed by atoms with Gasteiger partial charge >= 0.3 is 5.69 Å². The molecule has 0 amide bonds. The van der Waals surface area contributed by atoms with Gasteiger partial charge in [0.2, 0.25) is 10.0 Å². The molecule has 0 spiro atoms. The molecule has 1 atom stereocenters. The summed E-state index contributed by atoms with van der Waals surface area (Å²) in [5.41, 5.74) is -0.561. The van der Waals surface area contributed by atoms with E-state index < -0.39 is 33.1 Å². The number of nitrogens with zero attached hydrogens (tertiary/aromatic N) is 2. The van der Waals surface area contributed by atoms with Crippen LogP contribution in [0.1, 0.15) is 11.6 Å². The van der Waals surface area contributed by atoms with Crippen LogP contribution in [0.15, 0.2) is 81.2 Å². The first-order valence-electron chi connectivity index (χ1n) is 10.4. The number of nitrogens with one attached hydrogen (secondary N) is 1. The van der Waals surface area contributed by atoms with E-state index in [1.165, 1.54) is 49.0 Å². The molecule has 4 rings (SSSR count). The van der Waals surface area contributed by atoms with Crippen molar-refractivity contribution in [2.24, 2.45) is 14.1 Å². The molecule has 4 aromatic rings. The molecule has 1 N–H and O–H groups in total. The van der Waals surface area contributed by atoms with Gasteiger partial charge < -0.3 is 4.74 Å². The number of benzene rings is 3. The Bertz CT molecular complexity index is 1640. The number of aromatic nitrogens is 2. The lowest BCUT2D eigenvalue weighted by Gasteiger charge is -2.20. The second kappa shape index (κ2) is 9.65. The maximum Gasteiger partial charge on any atom is 0.330 e. The second-order valence-corrected chi connectivity index (χ2v) is 9.98. The zero-order chi connectivity index (χ0) is 25.3. The maximum absolute atomic E-state index is 14.2. The third-order valence-electron chi connectivity index (χ3n) is 5.55. The van der Waals surface area contributed by atoms with Crippen molar-refractivity contribution in [1.82, 2.24) is 13.9 Å². The van der Waals surface area contributed by atoms with Gasteiger partial charge in [0, 0.05) is 14.1 Å². The molecule has 0 fully saturated rings. The minimum absolute atomic E-state index is 0.0621. The Morgan fingerprint density at radius 2 is 1.71 bits per heavy atom. The number of fused-ring (bicyclic) bond motifs is 1. The lowest BCUT2D eigenvalue weighted by atomic mass is 10.1. The normalized spacial score (nSPS) is 12.6. The molecule has 11 heteroatoms. The third kappa shape index (κ3) is 5.00. The van der Waals surface area contributed by atoms with Gasteiger partial charge in [-0.05, 0) is 48.0 Å². The first-order chi connectivity index (χ1) is 16.6. The smallest absolute Gasteiger partial charge is 0.330 e. The van der Waals surface area contributed by atoms with Crippen molar-refractivity contribution in [2.75, 3.05) is 6.61 Å². The zero-order valence-corrected chi connectivity index (χ0v) is 20.3. The van der Waals surface area contributed by atoms with Gasteiger partial charge in [0.05, 0.1) is 26.9 Å². The van der Waals surface area contributed by atoms with Crippen LogP contribution in [0.2, 0.25) is 5.02 Å². The number of hydrogen-bond acceptors (Lipinski definition) is 5. The summed E-state index contributed by atoms with van der Waals surface area (Å²) in [5.74, 6) is -0.204. The van der Waals surface area contributed by atoms with Crippen molar-refractivity contribution >= 4 is 32.5 Å². The maximum atomic E-state index is 14.2. The summed E-state index contributed by atoms with van der Waals surface area (Å²) in [7, 11) is -1.40. The molecular formula is C24H21ClFN3O5S. The molecule has 0 radical (unpaired) electrons. The van der Waals surface area contributed by atoms with Gasteiger partial charge in [-0.15, -0.1) is 0 Å². The van der Waals surface area contributed by atoms with E-state index in [-0.39, 0.29) is 21.9 Å². The van der Waals surface area contributed by atoms with E-state index in [1.807, 2.05) is 0 Å². The van der Waals surface area contributed by atoms with Crippen LogP contribution in [0.25, 0.3) is 10.9 Å². The summed E-state index contributed by atoms with van der Waals surface area (Å²) < 4.78 is 51.2. The van der Waals surface area contributed by atoms with Crippen LogP contribution in [-0.4, -0.2) is 24.2 Å². The zero-order valence-electron chi connectivity index (χ0n) is 18.7. The van der Waals surface area contributed by atoms with Crippen LogP contribution in [-0.2, 0) is 24.1 Å². The summed E-state index contributed by atoms with van der Waals surface area (Å²) in [5, 5.41) is -0.0394. The summed E-state index contributed by atoms with van der Waals surface area (Å²) in [6.45, 7) is -0.145. The Morgan fingerprint density at radius 1 is 1.00 bits per heavy atom. The molecule has 182 valence electrons. The quantitative estimate of drug-likeness (QED) is 0.406. The minimum Gasteiger partial charge on any atom is -0.492 e. The van der Waals surface area contributed by atoms with E-state index in [4.69, 9.17) is 16.3 Å². The van der Waals surface area contributed by atoms with Crippen LogP contribution in [0.3, 0.4) is 0 Å². The van der Waals surface area contributed by atoms with Crippen molar-refractivity contribution in [3.63, 3.8) is 0 Å². The van der Waals surface area contributed by atoms with Gasteiger partial charge in [0.1, 0.15) is 18.2 Å². The summed E-state index contributed by atoms with van der Waals surface area (Å²) in [6.07, 6.45) is 0. The molecule has 35 heavy (non-hydrogen) atoms. The summed E-state index contributed by atoms with van der Waals surface area (Å²) in [6, 6.07) is 15.6. The molecule has 0 saturated heterocycles. The topological polar surface area (TPSA) is 99.4 Å². The van der Waals surface area contributed by atoms with E-state index in [1.54, 1.807) is 30.3 Å².